The molecule has 208 valence electrons. The number of hydrogen-bond donors (Lipinski definition) is 1. The molecule has 0 radical (unpaired) electrons. The van der Waals surface area contributed by atoms with Crippen LogP contribution < -0.4 is 10.5 Å². The average Bonchev–Trinajstić information content (AvgIpc) is 3.62. The molecule has 4 aromatic rings. The number of carbonyl (C=O) groups is 1. The molecule has 2 fully saturated rings. The molecule has 12 heteroatoms. The highest BCUT2D eigenvalue weighted by atomic mass is 19.3. The number of halogens is 3. The van der Waals surface area contributed by atoms with E-state index in [1.54, 1.807) is 36.4 Å². The fraction of sp³-hybridized carbons (Fsp3) is 0.276. The summed E-state index contributed by atoms with van der Waals surface area (Å²) in [6.45, 7) is -0.992. The highest BCUT2D eigenvalue weighted by Gasteiger charge is 2.48. The minimum Gasteiger partial charge on any atom is -0.457 e. The number of rotatable bonds is 7. The van der Waals surface area contributed by atoms with Crippen LogP contribution in [0.25, 0.3) is 22.3 Å². The van der Waals surface area contributed by atoms with Crippen LogP contribution in [-0.2, 0) is 11.3 Å². The van der Waals surface area contributed by atoms with Crippen LogP contribution in [0.4, 0.5) is 19.0 Å². The van der Waals surface area contributed by atoms with Gasteiger partial charge in [-0.2, -0.15) is 10.4 Å². The van der Waals surface area contributed by atoms with Gasteiger partial charge in [0.05, 0.1) is 24.5 Å². The summed E-state index contributed by atoms with van der Waals surface area (Å²) < 4.78 is 51.7. The van der Waals surface area contributed by atoms with Crippen molar-refractivity contribution in [3.8, 4) is 28.8 Å². The highest BCUT2D eigenvalue weighted by molar-refractivity contribution is 5.99. The molecule has 0 spiro atoms. The fourth-order valence-corrected chi connectivity index (χ4v) is 5.03. The van der Waals surface area contributed by atoms with Crippen molar-refractivity contribution >= 4 is 22.8 Å². The van der Waals surface area contributed by atoms with Crippen LogP contribution in [0.1, 0.15) is 19.3 Å². The molecule has 6 rings (SSSR count). The summed E-state index contributed by atoms with van der Waals surface area (Å²) in [4.78, 5) is 22.4. The number of ether oxygens (including phenoxy) is 1. The molecule has 0 unspecified atom stereocenters. The molecule has 3 heterocycles. The zero-order chi connectivity index (χ0) is 28.7. The van der Waals surface area contributed by atoms with Crippen LogP contribution in [0, 0.1) is 23.1 Å². The SMILES string of the molecule is N#CC(=CC1CC1)C(=O)N1CC(F)(F)C[C@@H]1Cn1nc(-c2ccc(Oc3ccccc3)cc2F)c2c(N)ncnc21. The van der Waals surface area contributed by atoms with Crippen molar-refractivity contribution in [2.75, 3.05) is 12.3 Å². The summed E-state index contributed by atoms with van der Waals surface area (Å²) in [5, 5.41) is 14.3. The molecule has 1 amide bonds. The smallest absolute Gasteiger partial charge is 0.267 e. The number of carbonyl (C=O) groups excluding carboxylic acids is 1. The number of benzene rings is 2. The van der Waals surface area contributed by atoms with E-state index in [-0.39, 0.29) is 51.9 Å². The normalized spacial score (nSPS) is 18.4. The van der Waals surface area contributed by atoms with Crippen molar-refractivity contribution in [2.45, 2.75) is 37.8 Å². The van der Waals surface area contributed by atoms with Crippen molar-refractivity contribution in [1.82, 2.24) is 24.6 Å². The van der Waals surface area contributed by atoms with Crippen molar-refractivity contribution in [2.24, 2.45) is 5.92 Å². The maximum absolute atomic E-state index is 15.4. The molecule has 1 aliphatic heterocycles. The van der Waals surface area contributed by atoms with E-state index in [1.807, 2.05) is 12.1 Å². The molecule has 2 N–H and O–H groups in total. The summed E-state index contributed by atoms with van der Waals surface area (Å²) in [5.74, 6) is -3.60. The molecule has 2 aromatic heterocycles. The maximum Gasteiger partial charge on any atom is 0.267 e. The number of amides is 1. The lowest BCUT2D eigenvalue weighted by molar-refractivity contribution is -0.128. The van der Waals surface area contributed by atoms with E-state index in [4.69, 9.17) is 10.5 Å². The van der Waals surface area contributed by atoms with Gasteiger partial charge in [0, 0.05) is 18.1 Å². The number of nitrogens with two attached hydrogens (primary N) is 1. The van der Waals surface area contributed by atoms with Crippen molar-refractivity contribution in [3.05, 3.63) is 72.3 Å². The second kappa shape index (κ2) is 10.2. The van der Waals surface area contributed by atoms with Crippen LogP contribution in [0.15, 0.2) is 66.5 Å². The first-order valence-electron chi connectivity index (χ1n) is 13.0. The van der Waals surface area contributed by atoms with Crippen LogP contribution in [-0.4, -0.2) is 49.1 Å². The number of aromatic nitrogens is 4. The summed E-state index contributed by atoms with van der Waals surface area (Å²) in [6, 6.07) is 14.0. The molecule has 1 aliphatic carbocycles. The second-order valence-corrected chi connectivity index (χ2v) is 10.2. The third kappa shape index (κ3) is 5.30. The minimum atomic E-state index is -3.15. The summed E-state index contributed by atoms with van der Waals surface area (Å²) in [6.07, 6.45) is 3.84. The van der Waals surface area contributed by atoms with Gasteiger partial charge in [0.1, 0.15) is 46.8 Å². The molecule has 1 saturated carbocycles. The largest absolute Gasteiger partial charge is 0.457 e. The van der Waals surface area contributed by atoms with E-state index < -0.39 is 36.7 Å². The Labute approximate surface area is 232 Å². The van der Waals surface area contributed by atoms with Gasteiger partial charge in [-0.25, -0.2) is 27.8 Å². The topological polar surface area (TPSA) is 123 Å². The third-order valence-corrected chi connectivity index (χ3v) is 7.13. The number of nitrogens with zero attached hydrogens (tertiary/aromatic N) is 6. The predicted octanol–water partition coefficient (Wildman–Crippen LogP) is 5.10. The Bertz CT molecular complexity index is 1710. The molecule has 41 heavy (non-hydrogen) atoms. The predicted molar refractivity (Wildman–Crippen MR) is 143 cm³/mol. The molecular formula is C29H24F3N7O2. The number of likely N-dealkylation sites (tertiary alicyclic amines) is 1. The van der Waals surface area contributed by atoms with Crippen LogP contribution in [0.5, 0.6) is 11.5 Å². The molecule has 0 bridgehead atoms. The number of fused-ring (bicyclic) bond motifs is 1. The number of allylic oxidation sites excluding steroid dienone is 1. The maximum atomic E-state index is 15.4. The molecule has 1 saturated heterocycles. The lowest BCUT2D eigenvalue weighted by Gasteiger charge is -2.23. The van der Waals surface area contributed by atoms with Gasteiger partial charge < -0.3 is 15.4 Å². The highest BCUT2D eigenvalue weighted by Crippen LogP contribution is 2.38. The quantitative estimate of drug-likeness (QED) is 0.247. The minimum absolute atomic E-state index is 0.0316. The van der Waals surface area contributed by atoms with Gasteiger partial charge >= 0.3 is 0 Å². The first-order chi connectivity index (χ1) is 19.7. The molecule has 1 atom stereocenters. The zero-order valence-corrected chi connectivity index (χ0v) is 21.7. The molecular weight excluding hydrogens is 535 g/mol. The number of nitrogen functional groups attached to an aromatic ring is 1. The van der Waals surface area contributed by atoms with E-state index in [1.165, 1.54) is 23.1 Å². The molecule has 9 nitrogen and oxygen atoms in total. The Kier molecular flexibility index (Phi) is 6.57. The Morgan fingerprint density at radius 2 is 1.95 bits per heavy atom. The lowest BCUT2D eigenvalue weighted by Crippen LogP contribution is -2.39. The van der Waals surface area contributed by atoms with Crippen molar-refractivity contribution < 1.29 is 22.7 Å². The van der Waals surface area contributed by atoms with E-state index in [2.05, 4.69) is 15.1 Å². The van der Waals surface area contributed by atoms with Gasteiger partial charge in [-0.1, -0.05) is 24.3 Å². The summed E-state index contributed by atoms with van der Waals surface area (Å²) >= 11 is 0. The fourth-order valence-electron chi connectivity index (χ4n) is 5.03. The molecule has 2 aromatic carbocycles. The van der Waals surface area contributed by atoms with Gasteiger partial charge in [0.15, 0.2) is 5.65 Å². The van der Waals surface area contributed by atoms with E-state index >= 15 is 4.39 Å². The van der Waals surface area contributed by atoms with Gasteiger partial charge in [-0.3, -0.25) is 4.79 Å². The zero-order valence-electron chi connectivity index (χ0n) is 21.7. The first kappa shape index (κ1) is 26.3. The summed E-state index contributed by atoms with van der Waals surface area (Å²) in [5.41, 5.74) is 6.41. The Morgan fingerprint density at radius 1 is 1.17 bits per heavy atom. The van der Waals surface area contributed by atoms with Gasteiger partial charge in [-0.15, -0.1) is 0 Å². The standard InChI is InChI=1S/C29H24F3N7O2/c30-23-11-21(41-20-4-2-1-3-5-20)8-9-22(23)25-24-26(34)35-16-36-27(24)39(37-25)14-19-12-29(31,32)15-38(19)28(40)18(13-33)10-17-6-7-17/h1-5,8-11,16-17,19H,6-7,12,14-15H2,(H2,34,35,36)/t19-/m1/s1. The van der Waals surface area contributed by atoms with Gasteiger partial charge in [0.2, 0.25) is 0 Å². The Morgan fingerprint density at radius 3 is 2.66 bits per heavy atom. The van der Waals surface area contributed by atoms with Crippen LogP contribution in [0.3, 0.4) is 0 Å². The van der Waals surface area contributed by atoms with Crippen LogP contribution in [0.2, 0.25) is 0 Å². The Hall–Kier alpha value is -4.92. The number of alkyl halides is 2. The summed E-state index contributed by atoms with van der Waals surface area (Å²) in [7, 11) is 0. The van der Waals surface area contributed by atoms with Gasteiger partial charge in [0.25, 0.3) is 11.8 Å². The van der Waals surface area contributed by atoms with Crippen molar-refractivity contribution in [3.63, 3.8) is 0 Å². The average molecular weight is 560 g/mol. The lowest BCUT2D eigenvalue weighted by atomic mass is 10.1. The number of anilines is 1. The van der Waals surface area contributed by atoms with Gasteiger partial charge in [-0.05, 0) is 43.0 Å². The third-order valence-electron chi connectivity index (χ3n) is 7.13. The van der Waals surface area contributed by atoms with E-state index in [9.17, 15) is 18.8 Å². The Balaban J connectivity index is 1.34. The number of hydrogen-bond acceptors (Lipinski definition) is 7. The van der Waals surface area contributed by atoms with Crippen molar-refractivity contribution in [1.29, 1.82) is 5.26 Å². The second-order valence-electron chi connectivity index (χ2n) is 10.2. The number of nitriles is 1. The van der Waals surface area contributed by atoms with E-state index in [0.717, 1.165) is 17.7 Å². The van der Waals surface area contributed by atoms with E-state index in [0.29, 0.717) is 5.75 Å². The van der Waals surface area contributed by atoms with Crippen LogP contribution >= 0.6 is 0 Å². The monoisotopic (exact) mass is 559 g/mol. The number of para-hydroxylation sites is 1. The first-order valence-corrected chi connectivity index (χ1v) is 13.0. The molecule has 2 aliphatic rings.